The van der Waals surface area contributed by atoms with E-state index in [1.807, 2.05) is 0 Å². The minimum absolute atomic E-state index is 0.129. The fourth-order valence-corrected chi connectivity index (χ4v) is 1.78. The van der Waals surface area contributed by atoms with Gasteiger partial charge in [-0.3, -0.25) is 0 Å². The van der Waals surface area contributed by atoms with E-state index in [0.29, 0.717) is 12.5 Å². The Bertz CT molecular complexity index is 404. The molecule has 1 saturated carbocycles. The molecule has 2 rings (SSSR count). The van der Waals surface area contributed by atoms with Crippen molar-refractivity contribution in [2.45, 2.75) is 25.4 Å². The maximum atomic E-state index is 12.4. The van der Waals surface area contributed by atoms with Crippen LogP contribution in [0, 0.1) is 5.92 Å². The summed E-state index contributed by atoms with van der Waals surface area (Å²) in [6, 6.07) is 0.880. The summed E-state index contributed by atoms with van der Waals surface area (Å²) in [5, 5.41) is 2.47. The summed E-state index contributed by atoms with van der Waals surface area (Å²) < 4.78 is 37.3. The molecule has 0 unspecified atom stereocenters. The number of nitrogens with zero attached hydrogens (tertiary/aromatic N) is 2. The lowest BCUT2D eigenvalue weighted by atomic mass is 9.85. The third-order valence-corrected chi connectivity index (χ3v) is 2.95. The summed E-state index contributed by atoms with van der Waals surface area (Å²) >= 11 is 5.46. The first-order chi connectivity index (χ1) is 7.95. The Hall–Kier alpha value is -1.04. The molecule has 0 bridgehead atoms. The van der Waals surface area contributed by atoms with Gasteiger partial charge in [0.1, 0.15) is 5.82 Å². The Morgan fingerprint density at radius 2 is 2.06 bits per heavy atom. The van der Waals surface area contributed by atoms with Crippen LogP contribution in [0.1, 0.15) is 25.0 Å². The number of halogens is 4. The lowest BCUT2D eigenvalue weighted by molar-refractivity contribution is -0.141. The second-order valence-corrected chi connectivity index (χ2v) is 4.42. The molecule has 1 N–H and O–H groups in total. The molecule has 0 atom stereocenters. The third kappa shape index (κ3) is 3.21. The van der Waals surface area contributed by atoms with Crippen LogP contribution in [-0.2, 0) is 6.18 Å². The molecular weight excluding hydrogens is 255 g/mol. The Balaban J connectivity index is 2.08. The van der Waals surface area contributed by atoms with Crippen molar-refractivity contribution in [2.24, 2.45) is 5.92 Å². The third-order valence-electron chi connectivity index (χ3n) is 2.79. The van der Waals surface area contributed by atoms with Crippen molar-refractivity contribution < 1.29 is 13.2 Å². The average Bonchev–Trinajstić information content (AvgIpc) is 2.13. The largest absolute Gasteiger partial charge is 0.433 e. The van der Waals surface area contributed by atoms with E-state index in [1.54, 1.807) is 0 Å². The van der Waals surface area contributed by atoms with Gasteiger partial charge in [-0.15, -0.1) is 0 Å². The van der Waals surface area contributed by atoms with Gasteiger partial charge in [-0.1, -0.05) is 6.42 Å². The molecule has 7 heteroatoms. The van der Waals surface area contributed by atoms with E-state index in [9.17, 15) is 13.2 Å². The number of anilines is 1. The molecule has 1 aliphatic carbocycles. The summed E-state index contributed by atoms with van der Waals surface area (Å²) in [4.78, 5) is 6.88. The molecule has 1 heterocycles. The Kier molecular flexibility index (Phi) is 3.42. The standard InChI is InChI=1S/C10H11ClF3N3/c11-9-16-7(10(12,13)14)4-8(17-9)15-5-6-2-1-3-6/h4,6H,1-3,5H2,(H,15,16,17). The Morgan fingerprint density at radius 1 is 1.35 bits per heavy atom. The fourth-order valence-electron chi connectivity index (χ4n) is 1.60. The van der Waals surface area contributed by atoms with E-state index in [4.69, 9.17) is 11.6 Å². The first-order valence-electron chi connectivity index (χ1n) is 5.31. The van der Waals surface area contributed by atoms with Gasteiger partial charge in [0, 0.05) is 12.6 Å². The molecule has 0 saturated heterocycles. The monoisotopic (exact) mass is 265 g/mol. The first-order valence-corrected chi connectivity index (χ1v) is 5.68. The zero-order valence-electron chi connectivity index (χ0n) is 8.89. The number of aromatic nitrogens is 2. The highest BCUT2D eigenvalue weighted by atomic mass is 35.5. The lowest BCUT2D eigenvalue weighted by Crippen LogP contribution is -2.21. The zero-order chi connectivity index (χ0) is 12.5. The molecule has 1 aromatic heterocycles. The zero-order valence-corrected chi connectivity index (χ0v) is 9.65. The van der Waals surface area contributed by atoms with Gasteiger partial charge in [0.2, 0.25) is 5.28 Å². The summed E-state index contributed by atoms with van der Waals surface area (Å²) in [7, 11) is 0. The summed E-state index contributed by atoms with van der Waals surface area (Å²) in [5.41, 5.74) is -1.02. The highest BCUT2D eigenvalue weighted by molar-refractivity contribution is 6.28. The van der Waals surface area contributed by atoms with Crippen molar-refractivity contribution in [3.63, 3.8) is 0 Å². The molecule has 94 valence electrons. The van der Waals surface area contributed by atoms with Crippen LogP contribution in [0.25, 0.3) is 0 Å². The molecule has 1 aliphatic rings. The van der Waals surface area contributed by atoms with Gasteiger partial charge < -0.3 is 5.32 Å². The van der Waals surface area contributed by atoms with Crippen molar-refractivity contribution in [2.75, 3.05) is 11.9 Å². The molecule has 1 fully saturated rings. The van der Waals surface area contributed by atoms with Crippen LogP contribution in [0.4, 0.5) is 19.0 Å². The molecule has 0 aliphatic heterocycles. The lowest BCUT2D eigenvalue weighted by Gasteiger charge is -2.25. The molecule has 0 spiro atoms. The van der Waals surface area contributed by atoms with E-state index in [2.05, 4.69) is 15.3 Å². The smallest absolute Gasteiger partial charge is 0.370 e. The van der Waals surface area contributed by atoms with E-state index >= 15 is 0 Å². The van der Waals surface area contributed by atoms with Gasteiger partial charge in [0.25, 0.3) is 0 Å². The van der Waals surface area contributed by atoms with Crippen molar-refractivity contribution in [3.05, 3.63) is 17.0 Å². The summed E-state index contributed by atoms with van der Waals surface area (Å²) in [6.45, 7) is 0.630. The van der Waals surface area contributed by atoms with Crippen molar-refractivity contribution in [1.29, 1.82) is 0 Å². The number of alkyl halides is 3. The van der Waals surface area contributed by atoms with Crippen LogP contribution in [0.2, 0.25) is 5.28 Å². The molecule has 0 aromatic carbocycles. The van der Waals surface area contributed by atoms with E-state index in [0.717, 1.165) is 18.9 Å². The summed E-state index contributed by atoms with van der Waals surface area (Å²) in [6.07, 6.45) is -1.10. The molecular formula is C10H11ClF3N3. The quantitative estimate of drug-likeness (QED) is 0.852. The number of hydrogen-bond donors (Lipinski definition) is 1. The van der Waals surface area contributed by atoms with Gasteiger partial charge in [0.05, 0.1) is 0 Å². The maximum Gasteiger partial charge on any atom is 0.433 e. The van der Waals surface area contributed by atoms with Crippen LogP contribution < -0.4 is 5.32 Å². The molecule has 3 nitrogen and oxygen atoms in total. The van der Waals surface area contributed by atoms with Crippen LogP contribution in [0.3, 0.4) is 0 Å². The van der Waals surface area contributed by atoms with Gasteiger partial charge >= 0.3 is 6.18 Å². The van der Waals surface area contributed by atoms with Crippen LogP contribution in [0.5, 0.6) is 0 Å². The van der Waals surface area contributed by atoms with E-state index < -0.39 is 17.2 Å². The Labute approximate surface area is 101 Å². The van der Waals surface area contributed by atoms with Crippen LogP contribution in [0.15, 0.2) is 6.07 Å². The number of nitrogens with one attached hydrogen (secondary N) is 1. The number of rotatable bonds is 3. The van der Waals surface area contributed by atoms with Crippen molar-refractivity contribution >= 4 is 17.4 Å². The highest BCUT2D eigenvalue weighted by Crippen LogP contribution is 2.30. The highest BCUT2D eigenvalue weighted by Gasteiger charge is 2.33. The van der Waals surface area contributed by atoms with Crippen molar-refractivity contribution in [3.8, 4) is 0 Å². The maximum absolute atomic E-state index is 12.4. The fraction of sp³-hybridized carbons (Fsp3) is 0.600. The molecule has 17 heavy (non-hydrogen) atoms. The van der Waals surface area contributed by atoms with Gasteiger partial charge in [-0.25, -0.2) is 9.97 Å². The number of hydrogen-bond acceptors (Lipinski definition) is 3. The van der Waals surface area contributed by atoms with E-state index in [-0.39, 0.29) is 5.82 Å². The predicted molar refractivity (Wildman–Crippen MR) is 57.9 cm³/mol. The molecule has 0 amide bonds. The SMILES string of the molecule is FC(F)(F)c1cc(NCC2CCC2)nc(Cl)n1. The average molecular weight is 266 g/mol. The van der Waals surface area contributed by atoms with Crippen LogP contribution >= 0.6 is 11.6 Å². The normalized spacial score (nSPS) is 16.7. The topological polar surface area (TPSA) is 37.8 Å². The second-order valence-electron chi connectivity index (χ2n) is 4.08. The first kappa shape index (κ1) is 12.4. The van der Waals surface area contributed by atoms with Gasteiger partial charge in [-0.05, 0) is 30.4 Å². The van der Waals surface area contributed by atoms with Gasteiger partial charge in [0.15, 0.2) is 5.69 Å². The van der Waals surface area contributed by atoms with E-state index in [1.165, 1.54) is 6.42 Å². The minimum atomic E-state index is -4.50. The Morgan fingerprint density at radius 3 is 2.59 bits per heavy atom. The van der Waals surface area contributed by atoms with Crippen LogP contribution in [-0.4, -0.2) is 16.5 Å². The second kappa shape index (κ2) is 4.68. The van der Waals surface area contributed by atoms with Gasteiger partial charge in [-0.2, -0.15) is 13.2 Å². The minimum Gasteiger partial charge on any atom is -0.370 e. The predicted octanol–water partition coefficient (Wildman–Crippen LogP) is 3.36. The molecule has 1 aromatic rings. The molecule has 0 radical (unpaired) electrons. The van der Waals surface area contributed by atoms with Crippen molar-refractivity contribution in [1.82, 2.24) is 9.97 Å². The summed E-state index contributed by atoms with van der Waals surface area (Å²) in [5.74, 6) is 0.655.